The topological polar surface area (TPSA) is 59.8 Å². The first-order valence-corrected chi connectivity index (χ1v) is 3.81. The summed E-state index contributed by atoms with van der Waals surface area (Å²) in [6.45, 7) is 3.57. The summed E-state index contributed by atoms with van der Waals surface area (Å²) in [7, 11) is 1.74. The number of hydrogen-bond acceptors (Lipinski definition) is 3. The molecule has 12 heavy (non-hydrogen) atoms. The highest BCUT2D eigenvalue weighted by molar-refractivity contribution is 5.88. The number of hydrogen-bond donors (Lipinski definition) is 1. The molecule has 66 valence electrons. The Hall–Kier alpha value is -1.39. The number of nitrogens with zero attached hydrogens (tertiary/aromatic N) is 3. The third-order valence-corrected chi connectivity index (χ3v) is 1.44. The van der Waals surface area contributed by atoms with E-state index in [1.807, 2.05) is 0 Å². The van der Waals surface area contributed by atoms with Gasteiger partial charge in [0.1, 0.15) is 5.82 Å². The van der Waals surface area contributed by atoms with Crippen molar-refractivity contribution in [1.82, 2.24) is 14.8 Å². The molecule has 1 rings (SSSR count). The van der Waals surface area contributed by atoms with Crippen LogP contribution in [-0.2, 0) is 11.8 Å². The highest BCUT2D eigenvalue weighted by atomic mass is 16.1. The first kappa shape index (κ1) is 8.70. The van der Waals surface area contributed by atoms with Crippen molar-refractivity contribution in [3.05, 3.63) is 5.82 Å². The fraction of sp³-hybridized carbons (Fsp3) is 0.571. The summed E-state index contributed by atoms with van der Waals surface area (Å²) in [5.41, 5.74) is 0. The van der Waals surface area contributed by atoms with E-state index in [0.29, 0.717) is 18.2 Å². The summed E-state index contributed by atoms with van der Waals surface area (Å²) < 4.78 is 1.54. The normalized spacial score (nSPS) is 9.92. The third-order valence-electron chi connectivity index (χ3n) is 1.44. The van der Waals surface area contributed by atoms with Crippen molar-refractivity contribution in [1.29, 1.82) is 0 Å². The van der Waals surface area contributed by atoms with Crippen LogP contribution in [0.1, 0.15) is 19.2 Å². The molecular weight excluding hydrogens is 156 g/mol. The van der Waals surface area contributed by atoms with E-state index in [4.69, 9.17) is 0 Å². The van der Waals surface area contributed by atoms with E-state index in [0.717, 1.165) is 0 Å². The lowest BCUT2D eigenvalue weighted by molar-refractivity contribution is -0.115. The highest BCUT2D eigenvalue weighted by Crippen LogP contribution is 2.01. The van der Waals surface area contributed by atoms with Crippen LogP contribution in [0, 0.1) is 6.92 Å². The van der Waals surface area contributed by atoms with Crippen LogP contribution >= 0.6 is 0 Å². The molecule has 5 nitrogen and oxygen atoms in total. The molecule has 0 aromatic carbocycles. The lowest BCUT2D eigenvalue weighted by Gasteiger charge is -1.99. The Morgan fingerprint density at radius 3 is 2.75 bits per heavy atom. The van der Waals surface area contributed by atoms with E-state index in [9.17, 15) is 4.79 Å². The van der Waals surface area contributed by atoms with Crippen LogP contribution in [0.5, 0.6) is 0 Å². The van der Waals surface area contributed by atoms with Crippen molar-refractivity contribution < 1.29 is 4.79 Å². The van der Waals surface area contributed by atoms with Gasteiger partial charge in [0, 0.05) is 13.5 Å². The second-order valence-corrected chi connectivity index (χ2v) is 2.51. The van der Waals surface area contributed by atoms with Crippen molar-refractivity contribution in [2.45, 2.75) is 20.3 Å². The fourth-order valence-corrected chi connectivity index (χ4v) is 0.834. The fourth-order valence-electron chi connectivity index (χ4n) is 0.834. The molecule has 1 amide bonds. The first-order valence-electron chi connectivity index (χ1n) is 3.81. The summed E-state index contributed by atoms with van der Waals surface area (Å²) >= 11 is 0. The maximum Gasteiger partial charge on any atom is 0.227 e. The van der Waals surface area contributed by atoms with Crippen LogP contribution in [0.2, 0.25) is 0 Å². The second-order valence-electron chi connectivity index (χ2n) is 2.51. The largest absolute Gasteiger partial charge is 0.295 e. The van der Waals surface area contributed by atoms with Gasteiger partial charge in [-0.1, -0.05) is 6.92 Å². The number of amides is 1. The predicted octanol–water partition coefficient (Wildman–Crippen LogP) is 0.472. The van der Waals surface area contributed by atoms with Gasteiger partial charge in [-0.15, -0.1) is 0 Å². The van der Waals surface area contributed by atoms with Gasteiger partial charge in [-0.2, -0.15) is 10.1 Å². The Bertz CT molecular complexity index is 292. The van der Waals surface area contributed by atoms with Gasteiger partial charge in [-0.25, -0.2) is 4.68 Å². The zero-order valence-electron chi connectivity index (χ0n) is 7.46. The van der Waals surface area contributed by atoms with Crippen molar-refractivity contribution >= 4 is 11.9 Å². The molecule has 0 aliphatic heterocycles. The monoisotopic (exact) mass is 168 g/mol. The second kappa shape index (κ2) is 3.34. The van der Waals surface area contributed by atoms with E-state index < -0.39 is 0 Å². The Morgan fingerprint density at radius 2 is 2.33 bits per heavy atom. The minimum Gasteiger partial charge on any atom is -0.295 e. The highest BCUT2D eigenvalue weighted by Gasteiger charge is 2.05. The molecule has 1 aromatic heterocycles. The van der Waals surface area contributed by atoms with E-state index in [1.54, 1.807) is 25.6 Å². The van der Waals surface area contributed by atoms with Gasteiger partial charge in [0.15, 0.2) is 0 Å². The van der Waals surface area contributed by atoms with Crippen molar-refractivity contribution in [3.8, 4) is 0 Å². The average Bonchev–Trinajstić information content (AvgIpc) is 2.30. The Labute approximate surface area is 70.8 Å². The third kappa shape index (κ3) is 1.81. The quantitative estimate of drug-likeness (QED) is 0.698. The molecule has 0 aliphatic carbocycles. The minimum atomic E-state index is -0.0505. The zero-order valence-corrected chi connectivity index (χ0v) is 7.46. The molecule has 0 bridgehead atoms. The number of carbonyl (C=O) groups excluding carboxylic acids is 1. The Kier molecular flexibility index (Phi) is 2.42. The van der Waals surface area contributed by atoms with Crippen LogP contribution in [-0.4, -0.2) is 20.7 Å². The van der Waals surface area contributed by atoms with Crippen LogP contribution in [0.4, 0.5) is 5.95 Å². The SMILES string of the molecule is CCC(=O)Nc1nc(C)nn1C. The summed E-state index contributed by atoms with van der Waals surface area (Å²) in [6, 6.07) is 0. The van der Waals surface area contributed by atoms with Crippen molar-refractivity contribution in [2.24, 2.45) is 7.05 Å². The van der Waals surface area contributed by atoms with Gasteiger partial charge >= 0.3 is 0 Å². The van der Waals surface area contributed by atoms with Crippen LogP contribution in [0.15, 0.2) is 0 Å². The predicted molar refractivity (Wildman–Crippen MR) is 44.7 cm³/mol. The molecule has 0 aliphatic rings. The molecule has 0 fully saturated rings. The average molecular weight is 168 g/mol. The van der Waals surface area contributed by atoms with E-state index in [1.165, 1.54) is 0 Å². The van der Waals surface area contributed by atoms with E-state index in [-0.39, 0.29) is 5.91 Å². The molecule has 0 unspecified atom stereocenters. The molecule has 0 saturated carbocycles. The minimum absolute atomic E-state index is 0.0505. The summed E-state index contributed by atoms with van der Waals surface area (Å²) in [4.78, 5) is 15.0. The van der Waals surface area contributed by atoms with Crippen LogP contribution < -0.4 is 5.32 Å². The van der Waals surface area contributed by atoms with Gasteiger partial charge in [0.25, 0.3) is 0 Å². The molecule has 0 spiro atoms. The van der Waals surface area contributed by atoms with Gasteiger partial charge in [-0.3, -0.25) is 10.1 Å². The summed E-state index contributed by atoms with van der Waals surface area (Å²) in [6.07, 6.45) is 0.450. The zero-order chi connectivity index (χ0) is 9.14. The van der Waals surface area contributed by atoms with Crippen molar-refractivity contribution in [2.75, 3.05) is 5.32 Å². The lowest BCUT2D eigenvalue weighted by Crippen LogP contribution is -2.13. The molecule has 1 N–H and O–H groups in total. The van der Waals surface area contributed by atoms with Gasteiger partial charge in [-0.05, 0) is 6.92 Å². The molecule has 0 atom stereocenters. The number of rotatable bonds is 2. The first-order chi connectivity index (χ1) is 5.63. The number of carbonyl (C=O) groups is 1. The van der Waals surface area contributed by atoms with Gasteiger partial charge in [0.05, 0.1) is 0 Å². The molecule has 5 heteroatoms. The Morgan fingerprint density at radius 1 is 1.67 bits per heavy atom. The molecule has 0 radical (unpaired) electrons. The van der Waals surface area contributed by atoms with E-state index in [2.05, 4.69) is 15.4 Å². The maximum atomic E-state index is 11.0. The summed E-state index contributed by atoms with van der Waals surface area (Å²) in [5, 5.41) is 6.62. The van der Waals surface area contributed by atoms with Gasteiger partial charge < -0.3 is 0 Å². The smallest absolute Gasteiger partial charge is 0.227 e. The molecule has 1 heterocycles. The maximum absolute atomic E-state index is 11.0. The van der Waals surface area contributed by atoms with Crippen LogP contribution in [0.25, 0.3) is 0 Å². The molecule has 0 saturated heterocycles. The Balaban J connectivity index is 2.75. The van der Waals surface area contributed by atoms with Gasteiger partial charge in [0.2, 0.25) is 11.9 Å². The number of aromatic nitrogens is 3. The molecule has 1 aromatic rings. The molecular formula is C7H12N4O. The number of anilines is 1. The lowest BCUT2D eigenvalue weighted by atomic mass is 10.5. The standard InChI is InChI=1S/C7H12N4O/c1-4-6(12)9-7-8-5(2)10-11(7)3/h4H2,1-3H3,(H,8,9,10,12). The van der Waals surface area contributed by atoms with Crippen molar-refractivity contribution in [3.63, 3.8) is 0 Å². The summed E-state index contributed by atoms with van der Waals surface area (Å²) in [5.74, 6) is 1.11. The number of aryl methyl sites for hydroxylation is 2. The van der Waals surface area contributed by atoms with Crippen LogP contribution in [0.3, 0.4) is 0 Å². The number of nitrogens with one attached hydrogen (secondary N) is 1. The van der Waals surface area contributed by atoms with E-state index >= 15 is 0 Å².